The first kappa shape index (κ1) is 12.4. The summed E-state index contributed by atoms with van der Waals surface area (Å²) in [7, 11) is 2.25. The predicted octanol–water partition coefficient (Wildman–Crippen LogP) is 1.87. The van der Waals surface area contributed by atoms with Crippen molar-refractivity contribution < 1.29 is 0 Å². The molecule has 0 radical (unpaired) electrons. The molecule has 2 fully saturated rings. The number of nitriles is 1. The maximum Gasteiger partial charge on any atom is 0.142 e. The van der Waals surface area contributed by atoms with E-state index in [1.807, 2.05) is 12.1 Å². The van der Waals surface area contributed by atoms with Crippen LogP contribution in [0.5, 0.6) is 0 Å². The van der Waals surface area contributed by atoms with Gasteiger partial charge in [-0.15, -0.1) is 0 Å². The highest BCUT2D eigenvalue weighted by molar-refractivity contribution is 5.42. The van der Waals surface area contributed by atoms with Gasteiger partial charge in [-0.2, -0.15) is 5.26 Å². The van der Waals surface area contributed by atoms with Crippen LogP contribution in [0.1, 0.15) is 25.0 Å². The van der Waals surface area contributed by atoms with E-state index in [1.165, 1.54) is 25.8 Å². The van der Waals surface area contributed by atoms with Crippen LogP contribution in [0.3, 0.4) is 0 Å². The van der Waals surface area contributed by atoms with Gasteiger partial charge in [0.2, 0.25) is 0 Å². The van der Waals surface area contributed by atoms with Gasteiger partial charge >= 0.3 is 0 Å². The minimum atomic E-state index is 0.514. The molecule has 0 saturated carbocycles. The van der Waals surface area contributed by atoms with Gasteiger partial charge < -0.3 is 9.80 Å². The number of anilines is 1. The number of pyridine rings is 1. The van der Waals surface area contributed by atoms with Crippen LogP contribution >= 0.6 is 0 Å². The molecule has 1 aromatic rings. The van der Waals surface area contributed by atoms with Gasteiger partial charge in [0.25, 0.3) is 0 Å². The minimum Gasteiger partial charge on any atom is -0.356 e. The lowest BCUT2D eigenvalue weighted by Crippen LogP contribution is -2.52. The topological polar surface area (TPSA) is 43.2 Å². The Morgan fingerprint density at radius 3 is 3.05 bits per heavy atom. The Morgan fingerprint density at radius 1 is 1.32 bits per heavy atom. The van der Waals surface area contributed by atoms with Crippen LogP contribution in [-0.4, -0.2) is 42.6 Å². The monoisotopic (exact) mass is 256 g/mol. The maximum absolute atomic E-state index is 8.94. The molecule has 0 aromatic carbocycles. The number of hydrogen-bond donors (Lipinski definition) is 0. The average molecular weight is 256 g/mol. The van der Waals surface area contributed by atoms with Crippen molar-refractivity contribution in [2.45, 2.75) is 25.3 Å². The van der Waals surface area contributed by atoms with Crippen LogP contribution in [0.2, 0.25) is 0 Å². The molecule has 100 valence electrons. The van der Waals surface area contributed by atoms with Crippen molar-refractivity contribution in [1.82, 2.24) is 9.88 Å². The summed E-state index contributed by atoms with van der Waals surface area (Å²) in [5, 5.41) is 8.94. The zero-order chi connectivity index (χ0) is 13.2. The molecule has 0 amide bonds. The molecule has 0 aliphatic carbocycles. The molecule has 2 aliphatic heterocycles. The molecule has 0 spiro atoms. The zero-order valence-electron chi connectivity index (χ0n) is 11.4. The van der Waals surface area contributed by atoms with Crippen LogP contribution in [0, 0.1) is 17.2 Å². The van der Waals surface area contributed by atoms with E-state index in [0.29, 0.717) is 5.69 Å². The molecule has 19 heavy (non-hydrogen) atoms. The molecule has 2 aliphatic rings. The first-order valence-electron chi connectivity index (χ1n) is 7.10. The van der Waals surface area contributed by atoms with Gasteiger partial charge in [0.15, 0.2) is 0 Å². The fraction of sp³-hybridized carbons (Fsp3) is 0.600. The van der Waals surface area contributed by atoms with E-state index in [9.17, 15) is 0 Å². The number of nitrogens with zero attached hydrogens (tertiary/aromatic N) is 4. The van der Waals surface area contributed by atoms with E-state index in [1.54, 1.807) is 6.07 Å². The van der Waals surface area contributed by atoms with Crippen molar-refractivity contribution >= 4 is 5.82 Å². The molecule has 0 N–H and O–H groups in total. The van der Waals surface area contributed by atoms with E-state index in [0.717, 1.165) is 30.9 Å². The number of fused-ring (bicyclic) bond motifs is 1. The third kappa shape index (κ3) is 2.43. The molecule has 2 saturated heterocycles. The lowest BCUT2D eigenvalue weighted by molar-refractivity contribution is 0.102. The smallest absolute Gasteiger partial charge is 0.142 e. The lowest BCUT2D eigenvalue weighted by Gasteiger charge is -2.46. The predicted molar refractivity (Wildman–Crippen MR) is 74.9 cm³/mol. The minimum absolute atomic E-state index is 0.514. The molecule has 4 nitrogen and oxygen atoms in total. The van der Waals surface area contributed by atoms with Crippen LogP contribution in [0.25, 0.3) is 0 Å². The fourth-order valence-corrected chi connectivity index (χ4v) is 3.52. The van der Waals surface area contributed by atoms with Crippen LogP contribution in [0.15, 0.2) is 18.2 Å². The standard InChI is InChI=1S/C15H20N4/c1-18-8-3-4-12-11-19(9-7-14(12)18)15-6-2-5-13(10-16)17-15/h2,5-6,12,14H,3-4,7-9,11H2,1H3. The molecule has 3 rings (SSSR count). The molecule has 2 unspecified atom stereocenters. The highest BCUT2D eigenvalue weighted by Crippen LogP contribution is 2.31. The number of rotatable bonds is 1. The Bertz CT molecular complexity index is 493. The van der Waals surface area contributed by atoms with Gasteiger partial charge in [-0.3, -0.25) is 0 Å². The molecule has 1 aromatic heterocycles. The third-order valence-electron chi connectivity index (χ3n) is 4.52. The summed E-state index contributed by atoms with van der Waals surface area (Å²) >= 11 is 0. The summed E-state index contributed by atoms with van der Waals surface area (Å²) in [4.78, 5) is 9.29. The number of aromatic nitrogens is 1. The maximum atomic E-state index is 8.94. The average Bonchev–Trinajstić information content (AvgIpc) is 2.47. The molecule has 0 bridgehead atoms. The molecular formula is C15H20N4. The van der Waals surface area contributed by atoms with Gasteiger partial charge in [0.1, 0.15) is 17.6 Å². The number of likely N-dealkylation sites (tertiary alicyclic amines) is 1. The SMILES string of the molecule is CN1CCCC2CN(c3cccc(C#N)n3)CCC21. The Labute approximate surface area is 114 Å². The normalized spacial score (nSPS) is 27.7. The molecular weight excluding hydrogens is 236 g/mol. The van der Waals surface area contributed by atoms with Crippen molar-refractivity contribution in [2.75, 3.05) is 31.6 Å². The van der Waals surface area contributed by atoms with Gasteiger partial charge in [-0.1, -0.05) is 6.07 Å². The first-order valence-corrected chi connectivity index (χ1v) is 7.10. The van der Waals surface area contributed by atoms with E-state index < -0.39 is 0 Å². The second kappa shape index (κ2) is 5.18. The highest BCUT2D eigenvalue weighted by Gasteiger charge is 2.34. The second-order valence-electron chi connectivity index (χ2n) is 5.68. The van der Waals surface area contributed by atoms with Crippen molar-refractivity contribution in [3.8, 4) is 6.07 Å². The second-order valence-corrected chi connectivity index (χ2v) is 5.68. The zero-order valence-corrected chi connectivity index (χ0v) is 11.4. The summed E-state index contributed by atoms with van der Waals surface area (Å²) in [6, 6.07) is 8.58. The van der Waals surface area contributed by atoms with Crippen LogP contribution < -0.4 is 4.90 Å². The van der Waals surface area contributed by atoms with E-state index in [4.69, 9.17) is 5.26 Å². The van der Waals surface area contributed by atoms with E-state index >= 15 is 0 Å². The van der Waals surface area contributed by atoms with E-state index in [-0.39, 0.29) is 0 Å². The molecule has 2 atom stereocenters. The van der Waals surface area contributed by atoms with Crippen molar-refractivity contribution in [3.05, 3.63) is 23.9 Å². The fourth-order valence-electron chi connectivity index (χ4n) is 3.52. The lowest BCUT2D eigenvalue weighted by atomic mass is 9.84. The Balaban J connectivity index is 1.75. The molecule has 3 heterocycles. The Kier molecular flexibility index (Phi) is 3.39. The van der Waals surface area contributed by atoms with Gasteiger partial charge in [-0.25, -0.2) is 4.98 Å². The number of piperidine rings is 2. The summed E-state index contributed by atoms with van der Waals surface area (Å²) in [6.07, 6.45) is 3.83. The van der Waals surface area contributed by atoms with Crippen molar-refractivity contribution in [3.63, 3.8) is 0 Å². The highest BCUT2D eigenvalue weighted by atomic mass is 15.2. The van der Waals surface area contributed by atoms with Gasteiger partial charge in [0, 0.05) is 19.1 Å². The molecule has 4 heteroatoms. The van der Waals surface area contributed by atoms with Gasteiger partial charge in [0.05, 0.1) is 0 Å². The summed E-state index contributed by atoms with van der Waals surface area (Å²) in [5.74, 6) is 1.71. The third-order valence-corrected chi connectivity index (χ3v) is 4.52. The van der Waals surface area contributed by atoms with Crippen molar-refractivity contribution in [1.29, 1.82) is 5.26 Å². The van der Waals surface area contributed by atoms with Crippen LogP contribution in [0.4, 0.5) is 5.82 Å². The Hall–Kier alpha value is -1.60. The Morgan fingerprint density at radius 2 is 2.21 bits per heavy atom. The summed E-state index contributed by atoms with van der Waals surface area (Å²) in [5.41, 5.74) is 0.514. The van der Waals surface area contributed by atoms with Gasteiger partial charge in [-0.05, 0) is 50.9 Å². The first-order chi connectivity index (χ1) is 9.28. The summed E-state index contributed by atoms with van der Waals surface area (Å²) in [6.45, 7) is 3.37. The largest absolute Gasteiger partial charge is 0.356 e. The van der Waals surface area contributed by atoms with E-state index in [2.05, 4.69) is 27.9 Å². The van der Waals surface area contributed by atoms with Crippen LogP contribution in [-0.2, 0) is 0 Å². The van der Waals surface area contributed by atoms with Crippen molar-refractivity contribution in [2.24, 2.45) is 5.92 Å². The quantitative estimate of drug-likeness (QED) is 0.769. The number of hydrogen-bond acceptors (Lipinski definition) is 4. The summed E-state index contributed by atoms with van der Waals surface area (Å²) < 4.78 is 0.